The van der Waals surface area contributed by atoms with Crippen molar-refractivity contribution < 1.29 is 0 Å². The van der Waals surface area contributed by atoms with Gasteiger partial charge in [0.05, 0.1) is 12.0 Å². The lowest BCUT2D eigenvalue weighted by Gasteiger charge is -1.88. The van der Waals surface area contributed by atoms with Gasteiger partial charge in [0.2, 0.25) is 0 Å². The lowest BCUT2D eigenvalue weighted by atomic mass is 10.5. The minimum Gasteiger partial charge on any atom is -0.312 e. The summed E-state index contributed by atoms with van der Waals surface area (Å²) >= 11 is 5.46. The van der Waals surface area contributed by atoms with Gasteiger partial charge in [0.1, 0.15) is 5.00 Å². The Labute approximate surface area is 46.9 Å². The molecule has 1 aliphatic rings. The van der Waals surface area contributed by atoms with Gasteiger partial charge >= 0.3 is 0 Å². The van der Waals surface area contributed by atoms with Gasteiger partial charge in [0.15, 0.2) is 0 Å². The maximum absolute atomic E-state index is 8.13. The molecule has 7 heavy (non-hydrogen) atoms. The summed E-state index contributed by atoms with van der Waals surface area (Å²) in [6.07, 6.45) is 0.644. The second-order valence-corrected chi connectivity index (χ2v) is 2.52. The van der Waals surface area contributed by atoms with Gasteiger partial charge in [-0.05, 0) is 6.42 Å². The lowest BCUT2D eigenvalue weighted by molar-refractivity contribution is 0.901. The maximum Gasteiger partial charge on any atom is 0.108 e. The minimum absolute atomic E-state index is 0.103. The number of nitriles is 1. The van der Waals surface area contributed by atoms with E-state index < -0.39 is 5.00 Å². The largest absolute Gasteiger partial charge is 0.312 e. The second-order valence-electron chi connectivity index (χ2n) is 1.81. The van der Waals surface area contributed by atoms with E-state index in [1.807, 2.05) is 6.07 Å². The highest BCUT2D eigenvalue weighted by molar-refractivity contribution is 6.26. The van der Waals surface area contributed by atoms with Crippen molar-refractivity contribution in [2.75, 3.05) is 0 Å². The molecule has 0 amide bonds. The molecule has 1 saturated carbocycles. The van der Waals surface area contributed by atoms with Crippen molar-refractivity contribution in [3.05, 3.63) is 0 Å². The highest BCUT2D eigenvalue weighted by atomic mass is 35.5. The molecule has 2 unspecified atom stereocenters. The molecule has 1 rings (SSSR count). The number of alkyl halides is 1. The van der Waals surface area contributed by atoms with E-state index in [9.17, 15) is 0 Å². The van der Waals surface area contributed by atoms with E-state index in [0.29, 0.717) is 6.42 Å². The summed E-state index contributed by atoms with van der Waals surface area (Å²) in [7, 11) is 0. The molecular weight excluding hydrogens is 112 g/mol. The fourth-order valence-electron chi connectivity index (χ4n) is 0.407. The molecule has 0 heterocycles. The summed E-state index contributed by atoms with van der Waals surface area (Å²) in [5.74, 6) is -0.103. The van der Waals surface area contributed by atoms with Crippen LogP contribution in [0.5, 0.6) is 0 Å². The fourth-order valence-corrected chi connectivity index (χ4v) is 0.610. The zero-order valence-electron chi connectivity index (χ0n) is 3.69. The fraction of sp³-hybridized carbons (Fsp3) is 0.750. The van der Waals surface area contributed by atoms with Gasteiger partial charge < -0.3 is 5.73 Å². The number of rotatable bonds is 0. The highest BCUT2D eigenvalue weighted by Crippen LogP contribution is 2.43. The highest BCUT2D eigenvalue weighted by Gasteiger charge is 2.50. The first-order chi connectivity index (χ1) is 3.17. The average Bonchev–Trinajstić information content (AvgIpc) is 2.13. The van der Waals surface area contributed by atoms with Crippen LogP contribution in [0.1, 0.15) is 6.42 Å². The standard InChI is InChI=1S/C4H5ClN2/c5-4(7)1-3(4)2-6/h3H,1,7H2. The summed E-state index contributed by atoms with van der Waals surface area (Å²) < 4.78 is 0. The third-order valence-corrected chi connectivity index (χ3v) is 1.51. The molecule has 0 aromatic carbocycles. The molecule has 0 aromatic rings. The molecule has 0 bridgehead atoms. The van der Waals surface area contributed by atoms with E-state index >= 15 is 0 Å². The Balaban J connectivity index is 2.49. The van der Waals surface area contributed by atoms with Gasteiger partial charge in [-0.3, -0.25) is 0 Å². The van der Waals surface area contributed by atoms with Crippen LogP contribution < -0.4 is 5.73 Å². The Kier molecular flexibility index (Phi) is 0.781. The third-order valence-electron chi connectivity index (χ3n) is 1.09. The number of halogens is 1. The maximum atomic E-state index is 8.13. The lowest BCUT2D eigenvalue weighted by Crippen LogP contribution is -2.14. The molecule has 2 N–H and O–H groups in total. The van der Waals surface area contributed by atoms with Crippen LogP contribution in [-0.4, -0.2) is 5.00 Å². The van der Waals surface area contributed by atoms with Crippen LogP contribution in [0, 0.1) is 17.2 Å². The summed E-state index contributed by atoms with van der Waals surface area (Å²) in [6.45, 7) is 0. The Morgan fingerprint density at radius 2 is 2.43 bits per heavy atom. The average molecular weight is 117 g/mol. The van der Waals surface area contributed by atoms with Gasteiger partial charge in [-0.2, -0.15) is 5.26 Å². The molecule has 2 atom stereocenters. The van der Waals surface area contributed by atoms with E-state index in [1.165, 1.54) is 0 Å². The Hall–Kier alpha value is -0.260. The van der Waals surface area contributed by atoms with Crippen molar-refractivity contribution in [2.24, 2.45) is 11.7 Å². The van der Waals surface area contributed by atoms with Gasteiger partial charge in [-0.1, -0.05) is 0 Å². The zero-order chi connectivity index (χ0) is 5.49. The smallest absolute Gasteiger partial charge is 0.108 e. The van der Waals surface area contributed by atoms with Crippen molar-refractivity contribution in [1.29, 1.82) is 5.26 Å². The first-order valence-corrected chi connectivity index (χ1v) is 2.42. The number of nitrogens with two attached hydrogens (primary N) is 1. The van der Waals surface area contributed by atoms with Gasteiger partial charge in [-0.15, -0.1) is 11.6 Å². The third kappa shape index (κ3) is 0.696. The molecule has 0 spiro atoms. The van der Waals surface area contributed by atoms with Crippen LogP contribution in [0.2, 0.25) is 0 Å². The summed E-state index contributed by atoms with van der Waals surface area (Å²) in [5.41, 5.74) is 5.26. The molecule has 1 aliphatic carbocycles. The van der Waals surface area contributed by atoms with Gasteiger partial charge in [-0.25, -0.2) is 0 Å². The number of nitrogens with zero attached hydrogens (tertiary/aromatic N) is 1. The van der Waals surface area contributed by atoms with Crippen LogP contribution >= 0.6 is 11.6 Å². The molecule has 0 saturated heterocycles. The molecule has 0 aromatic heterocycles. The Morgan fingerprint density at radius 1 is 2.00 bits per heavy atom. The molecular formula is C4H5ClN2. The summed E-state index contributed by atoms with van der Waals surface area (Å²) in [5, 5.41) is 8.13. The zero-order valence-corrected chi connectivity index (χ0v) is 4.44. The SMILES string of the molecule is N#CC1CC1(N)Cl. The van der Waals surface area contributed by atoms with Crippen molar-refractivity contribution in [3.8, 4) is 6.07 Å². The minimum atomic E-state index is -0.672. The van der Waals surface area contributed by atoms with E-state index in [-0.39, 0.29) is 5.92 Å². The molecule has 2 nitrogen and oxygen atoms in total. The summed E-state index contributed by atoms with van der Waals surface area (Å²) in [4.78, 5) is -0.672. The van der Waals surface area contributed by atoms with Crippen molar-refractivity contribution in [1.82, 2.24) is 0 Å². The molecule has 38 valence electrons. The Bertz CT molecular complexity index is 124. The van der Waals surface area contributed by atoms with E-state index in [2.05, 4.69) is 0 Å². The van der Waals surface area contributed by atoms with Gasteiger partial charge in [0, 0.05) is 0 Å². The first-order valence-electron chi connectivity index (χ1n) is 2.04. The van der Waals surface area contributed by atoms with Crippen molar-refractivity contribution >= 4 is 11.6 Å². The van der Waals surface area contributed by atoms with Crippen molar-refractivity contribution in [3.63, 3.8) is 0 Å². The van der Waals surface area contributed by atoms with E-state index in [4.69, 9.17) is 22.6 Å². The molecule has 3 heteroatoms. The molecule has 0 aliphatic heterocycles. The van der Waals surface area contributed by atoms with Crippen molar-refractivity contribution in [2.45, 2.75) is 11.4 Å². The van der Waals surface area contributed by atoms with Crippen LogP contribution in [0.15, 0.2) is 0 Å². The van der Waals surface area contributed by atoms with Crippen LogP contribution in [0.4, 0.5) is 0 Å². The van der Waals surface area contributed by atoms with E-state index in [0.717, 1.165) is 0 Å². The van der Waals surface area contributed by atoms with Crippen LogP contribution in [0.25, 0.3) is 0 Å². The number of hydrogen-bond acceptors (Lipinski definition) is 2. The van der Waals surface area contributed by atoms with Gasteiger partial charge in [0.25, 0.3) is 0 Å². The molecule has 1 fully saturated rings. The summed E-state index contributed by atoms with van der Waals surface area (Å²) in [6, 6.07) is 1.97. The molecule has 0 radical (unpaired) electrons. The number of hydrogen-bond donors (Lipinski definition) is 1. The topological polar surface area (TPSA) is 49.8 Å². The predicted octanol–water partition coefficient (Wildman–Crippen LogP) is 0.424. The van der Waals surface area contributed by atoms with Crippen LogP contribution in [-0.2, 0) is 0 Å². The normalized spacial score (nSPS) is 47.9. The Morgan fingerprint density at radius 3 is 2.43 bits per heavy atom. The monoisotopic (exact) mass is 116 g/mol. The van der Waals surface area contributed by atoms with E-state index in [1.54, 1.807) is 0 Å². The second kappa shape index (κ2) is 1.12. The van der Waals surface area contributed by atoms with Crippen LogP contribution in [0.3, 0.4) is 0 Å². The quantitative estimate of drug-likeness (QED) is 0.369. The predicted molar refractivity (Wildman–Crippen MR) is 26.5 cm³/mol. The first kappa shape index (κ1) is 4.89.